The highest BCUT2D eigenvalue weighted by molar-refractivity contribution is 5.63. The van der Waals surface area contributed by atoms with Crippen LogP contribution in [0.3, 0.4) is 0 Å². The highest BCUT2D eigenvalue weighted by Crippen LogP contribution is 2.35. The minimum absolute atomic E-state index is 0.137. The van der Waals surface area contributed by atoms with Crippen LogP contribution in [0.5, 0.6) is 0 Å². The molecule has 7 heteroatoms. The fraction of sp³-hybridized carbons (Fsp3) is 0.333. The third kappa shape index (κ3) is 2.41. The van der Waals surface area contributed by atoms with Crippen LogP contribution in [-0.4, -0.2) is 19.0 Å². The molecule has 1 aromatic carbocycles. The van der Waals surface area contributed by atoms with Gasteiger partial charge in [0.2, 0.25) is 0 Å². The van der Waals surface area contributed by atoms with E-state index in [1.54, 1.807) is 0 Å². The van der Waals surface area contributed by atoms with Gasteiger partial charge in [-0.1, -0.05) is 0 Å². The fourth-order valence-electron chi connectivity index (χ4n) is 1.22. The van der Waals surface area contributed by atoms with E-state index < -0.39 is 22.4 Å². The van der Waals surface area contributed by atoms with Crippen molar-refractivity contribution in [3.05, 3.63) is 33.9 Å². The largest absolute Gasteiger partial charge is 0.416 e. The number of halogens is 3. The Labute approximate surface area is 89.4 Å². The van der Waals surface area contributed by atoms with Crippen LogP contribution in [0.4, 0.5) is 24.5 Å². The molecule has 0 aromatic heterocycles. The molecule has 88 valence electrons. The van der Waals surface area contributed by atoms with E-state index in [0.717, 1.165) is 12.1 Å². The zero-order chi connectivity index (χ0) is 12.5. The van der Waals surface area contributed by atoms with Crippen LogP contribution in [0.25, 0.3) is 0 Å². The van der Waals surface area contributed by atoms with Crippen LogP contribution >= 0.6 is 0 Å². The summed E-state index contributed by atoms with van der Waals surface area (Å²) in [7, 11) is 3.05. The lowest BCUT2D eigenvalue weighted by Crippen LogP contribution is -2.13. The third-order valence-corrected chi connectivity index (χ3v) is 1.98. The van der Waals surface area contributed by atoms with Crippen LogP contribution in [0.2, 0.25) is 0 Å². The second-order valence-electron chi connectivity index (χ2n) is 3.35. The van der Waals surface area contributed by atoms with E-state index in [1.807, 2.05) is 0 Å². The topological polar surface area (TPSA) is 46.4 Å². The maximum Gasteiger partial charge on any atom is 0.416 e. The Kier molecular flexibility index (Phi) is 3.06. The van der Waals surface area contributed by atoms with Crippen molar-refractivity contribution < 1.29 is 18.1 Å². The molecule has 16 heavy (non-hydrogen) atoms. The van der Waals surface area contributed by atoms with Gasteiger partial charge in [-0.3, -0.25) is 10.1 Å². The maximum atomic E-state index is 12.3. The molecule has 1 aromatic rings. The van der Waals surface area contributed by atoms with Gasteiger partial charge in [0.25, 0.3) is 5.69 Å². The standard InChI is InChI=1S/C9H9F3N2O2/c1-13(2)7-4-3-6(9(10,11)12)5-8(7)14(15)16/h3-5H,1-2H3. The average molecular weight is 234 g/mol. The number of anilines is 1. The minimum Gasteiger partial charge on any atom is -0.372 e. The molecule has 0 radical (unpaired) electrons. The summed E-state index contributed by atoms with van der Waals surface area (Å²) >= 11 is 0. The SMILES string of the molecule is CN(C)c1ccc(C(F)(F)F)cc1[N+](=O)[O-]. The summed E-state index contributed by atoms with van der Waals surface area (Å²) in [5, 5.41) is 10.6. The molecule has 0 amide bonds. The molecule has 0 spiro atoms. The zero-order valence-electron chi connectivity index (χ0n) is 8.58. The second-order valence-corrected chi connectivity index (χ2v) is 3.35. The maximum absolute atomic E-state index is 12.3. The lowest BCUT2D eigenvalue weighted by Gasteiger charge is -2.14. The van der Waals surface area contributed by atoms with Gasteiger partial charge in [-0.2, -0.15) is 13.2 Å². The van der Waals surface area contributed by atoms with Gasteiger partial charge < -0.3 is 4.90 Å². The van der Waals surface area contributed by atoms with E-state index in [0.29, 0.717) is 6.07 Å². The quantitative estimate of drug-likeness (QED) is 0.583. The van der Waals surface area contributed by atoms with Crippen molar-refractivity contribution in [2.75, 3.05) is 19.0 Å². The molecule has 4 nitrogen and oxygen atoms in total. The van der Waals surface area contributed by atoms with E-state index in [4.69, 9.17) is 0 Å². The zero-order valence-corrected chi connectivity index (χ0v) is 8.58. The van der Waals surface area contributed by atoms with Gasteiger partial charge in [0.05, 0.1) is 10.5 Å². The molecule has 0 unspecified atom stereocenters. The van der Waals surface area contributed by atoms with Gasteiger partial charge >= 0.3 is 6.18 Å². The Morgan fingerprint density at radius 3 is 2.25 bits per heavy atom. The summed E-state index contributed by atoms with van der Waals surface area (Å²) in [6, 6.07) is 2.44. The second kappa shape index (κ2) is 3.99. The molecule has 0 fully saturated rings. The number of nitrogens with zero attached hydrogens (tertiary/aromatic N) is 2. The minimum atomic E-state index is -4.57. The van der Waals surface area contributed by atoms with Crippen molar-refractivity contribution in [3.8, 4) is 0 Å². The van der Waals surface area contributed by atoms with Crippen LogP contribution in [-0.2, 0) is 6.18 Å². The summed E-state index contributed by atoms with van der Waals surface area (Å²) in [6.07, 6.45) is -4.57. The highest BCUT2D eigenvalue weighted by atomic mass is 19.4. The summed E-state index contributed by atoms with van der Waals surface area (Å²) in [5.41, 5.74) is -1.44. The number of hydrogen-bond acceptors (Lipinski definition) is 3. The van der Waals surface area contributed by atoms with Crippen molar-refractivity contribution in [3.63, 3.8) is 0 Å². The number of hydrogen-bond donors (Lipinski definition) is 0. The monoisotopic (exact) mass is 234 g/mol. The number of nitro groups is 1. The van der Waals surface area contributed by atoms with Crippen molar-refractivity contribution in [1.82, 2.24) is 0 Å². The normalized spacial score (nSPS) is 11.3. The average Bonchev–Trinajstić information content (AvgIpc) is 2.15. The van der Waals surface area contributed by atoms with Gasteiger partial charge in [0.1, 0.15) is 5.69 Å². The molecule has 0 saturated heterocycles. The molecular weight excluding hydrogens is 225 g/mol. The first kappa shape index (κ1) is 12.3. The van der Waals surface area contributed by atoms with E-state index >= 15 is 0 Å². The summed E-state index contributed by atoms with van der Waals surface area (Å²) in [5.74, 6) is 0. The van der Waals surface area contributed by atoms with E-state index in [1.165, 1.54) is 19.0 Å². The Morgan fingerprint density at radius 2 is 1.88 bits per heavy atom. The number of benzene rings is 1. The Morgan fingerprint density at radius 1 is 1.31 bits per heavy atom. The van der Waals surface area contributed by atoms with Crippen molar-refractivity contribution in [2.45, 2.75) is 6.18 Å². The van der Waals surface area contributed by atoms with E-state index in [2.05, 4.69) is 0 Å². The number of alkyl halides is 3. The van der Waals surface area contributed by atoms with Crippen molar-refractivity contribution in [1.29, 1.82) is 0 Å². The fourth-order valence-corrected chi connectivity index (χ4v) is 1.22. The van der Waals surface area contributed by atoms with Crippen molar-refractivity contribution >= 4 is 11.4 Å². The summed E-state index contributed by atoms with van der Waals surface area (Å²) in [6.45, 7) is 0. The molecular formula is C9H9F3N2O2. The molecule has 0 bridgehead atoms. The van der Waals surface area contributed by atoms with Gasteiger partial charge in [0, 0.05) is 20.2 Å². The molecule has 0 heterocycles. The number of rotatable bonds is 2. The van der Waals surface area contributed by atoms with Gasteiger partial charge in [-0.05, 0) is 12.1 Å². The number of nitro benzene ring substituents is 1. The Hall–Kier alpha value is -1.79. The van der Waals surface area contributed by atoms with Crippen LogP contribution in [0.15, 0.2) is 18.2 Å². The summed E-state index contributed by atoms with van der Waals surface area (Å²) in [4.78, 5) is 11.2. The van der Waals surface area contributed by atoms with E-state index in [-0.39, 0.29) is 5.69 Å². The lowest BCUT2D eigenvalue weighted by molar-refractivity contribution is -0.384. The Bertz CT molecular complexity index is 416. The lowest BCUT2D eigenvalue weighted by atomic mass is 10.1. The Balaban J connectivity index is 3.34. The first-order chi connectivity index (χ1) is 7.23. The first-order valence-electron chi connectivity index (χ1n) is 4.26. The predicted molar refractivity (Wildman–Crippen MR) is 52.4 cm³/mol. The predicted octanol–water partition coefficient (Wildman–Crippen LogP) is 2.68. The van der Waals surface area contributed by atoms with Crippen LogP contribution in [0, 0.1) is 10.1 Å². The van der Waals surface area contributed by atoms with Gasteiger partial charge in [0.15, 0.2) is 0 Å². The molecule has 0 aliphatic carbocycles. The summed E-state index contributed by atoms with van der Waals surface area (Å²) < 4.78 is 37.0. The first-order valence-corrected chi connectivity index (χ1v) is 4.26. The molecule has 0 N–H and O–H groups in total. The smallest absolute Gasteiger partial charge is 0.372 e. The van der Waals surface area contributed by atoms with Gasteiger partial charge in [-0.15, -0.1) is 0 Å². The third-order valence-electron chi connectivity index (χ3n) is 1.98. The van der Waals surface area contributed by atoms with E-state index in [9.17, 15) is 23.3 Å². The molecule has 0 atom stereocenters. The molecule has 1 rings (SSSR count). The van der Waals surface area contributed by atoms with Crippen LogP contribution in [0.1, 0.15) is 5.56 Å². The highest BCUT2D eigenvalue weighted by Gasteiger charge is 2.33. The molecule has 0 saturated carbocycles. The van der Waals surface area contributed by atoms with Crippen molar-refractivity contribution in [2.24, 2.45) is 0 Å². The van der Waals surface area contributed by atoms with Crippen LogP contribution < -0.4 is 4.90 Å². The van der Waals surface area contributed by atoms with Gasteiger partial charge in [-0.25, -0.2) is 0 Å². The molecule has 0 aliphatic heterocycles. The molecule has 0 aliphatic rings.